The van der Waals surface area contributed by atoms with E-state index < -0.39 is 0 Å². The van der Waals surface area contributed by atoms with Gasteiger partial charge in [0.25, 0.3) is 0 Å². The molecule has 6 nitrogen and oxygen atoms in total. The SMILES string of the molecule is O=C(C[C@H]1CCCOC1)N[C@H]1CC12CCC(CCN1CCC(c3cccc4c3OCO4)CC1)CC2. The van der Waals surface area contributed by atoms with Crippen LogP contribution in [0.3, 0.4) is 0 Å². The Morgan fingerprint density at radius 1 is 1.06 bits per heavy atom. The molecule has 6 rings (SSSR count). The Balaban J connectivity index is 0.889. The number of piperidine rings is 1. The quantitative estimate of drug-likeness (QED) is 0.601. The molecule has 2 saturated heterocycles. The number of carbonyl (C=O) groups is 1. The van der Waals surface area contributed by atoms with Gasteiger partial charge in [0.05, 0.1) is 0 Å². The lowest BCUT2D eigenvalue weighted by atomic mass is 9.77. The lowest BCUT2D eigenvalue weighted by Gasteiger charge is -2.35. The molecule has 0 aromatic heterocycles. The molecule has 1 aromatic rings. The Morgan fingerprint density at radius 3 is 2.71 bits per heavy atom. The van der Waals surface area contributed by atoms with Gasteiger partial charge in [0.15, 0.2) is 11.5 Å². The first kappa shape index (κ1) is 23.6. The van der Waals surface area contributed by atoms with Crippen molar-refractivity contribution < 1.29 is 19.0 Å². The summed E-state index contributed by atoms with van der Waals surface area (Å²) < 4.78 is 16.9. The molecule has 0 bridgehead atoms. The van der Waals surface area contributed by atoms with Crippen LogP contribution in [0.25, 0.3) is 0 Å². The van der Waals surface area contributed by atoms with Gasteiger partial charge in [-0.1, -0.05) is 12.1 Å². The van der Waals surface area contributed by atoms with Crippen molar-refractivity contribution in [3.63, 3.8) is 0 Å². The zero-order valence-electron chi connectivity index (χ0n) is 21.1. The summed E-state index contributed by atoms with van der Waals surface area (Å²) in [5.41, 5.74) is 1.77. The van der Waals surface area contributed by atoms with Crippen LogP contribution in [0.5, 0.6) is 11.5 Å². The maximum Gasteiger partial charge on any atom is 0.231 e. The van der Waals surface area contributed by atoms with Crippen LogP contribution < -0.4 is 14.8 Å². The Morgan fingerprint density at radius 2 is 1.91 bits per heavy atom. The highest BCUT2D eigenvalue weighted by atomic mass is 16.7. The van der Waals surface area contributed by atoms with Crippen LogP contribution in [0.1, 0.15) is 82.1 Å². The second-order valence-electron chi connectivity index (χ2n) is 11.9. The van der Waals surface area contributed by atoms with E-state index in [0.29, 0.717) is 36.5 Å². The average Bonchev–Trinajstić information content (AvgIpc) is 3.30. The van der Waals surface area contributed by atoms with Crippen molar-refractivity contribution in [1.82, 2.24) is 10.2 Å². The zero-order chi connectivity index (χ0) is 23.7. The lowest BCUT2D eigenvalue weighted by Crippen LogP contribution is -2.35. The Bertz CT molecular complexity index is 883. The topological polar surface area (TPSA) is 60.0 Å². The fraction of sp³-hybridized carbons (Fsp3) is 0.759. The van der Waals surface area contributed by atoms with Gasteiger partial charge in [-0.3, -0.25) is 4.79 Å². The first-order valence-corrected chi connectivity index (χ1v) is 14.2. The van der Waals surface area contributed by atoms with Crippen molar-refractivity contribution in [2.45, 2.75) is 82.6 Å². The van der Waals surface area contributed by atoms with Gasteiger partial charge in [-0.2, -0.15) is 0 Å². The first-order valence-electron chi connectivity index (χ1n) is 14.2. The molecule has 2 aliphatic carbocycles. The van der Waals surface area contributed by atoms with Crippen LogP contribution in [0.15, 0.2) is 18.2 Å². The number of para-hydroxylation sites is 1. The number of rotatable bonds is 7. The third-order valence-electron chi connectivity index (χ3n) is 9.66. The minimum atomic E-state index is 0.257. The van der Waals surface area contributed by atoms with E-state index in [2.05, 4.69) is 22.3 Å². The van der Waals surface area contributed by atoms with E-state index in [4.69, 9.17) is 14.2 Å². The number of nitrogens with one attached hydrogen (secondary N) is 1. The minimum Gasteiger partial charge on any atom is -0.454 e. The summed E-state index contributed by atoms with van der Waals surface area (Å²) in [5.74, 6) is 4.03. The lowest BCUT2D eigenvalue weighted by molar-refractivity contribution is -0.123. The molecule has 1 amide bonds. The predicted molar refractivity (Wildman–Crippen MR) is 135 cm³/mol. The molecular weight excluding hydrogens is 440 g/mol. The van der Waals surface area contributed by atoms with E-state index in [1.807, 2.05) is 6.07 Å². The maximum absolute atomic E-state index is 12.5. The molecule has 0 radical (unpaired) electrons. The molecule has 2 atom stereocenters. The van der Waals surface area contributed by atoms with Crippen LogP contribution in [0.2, 0.25) is 0 Å². The third-order valence-corrected chi connectivity index (χ3v) is 9.66. The molecule has 1 aromatic carbocycles. The highest BCUT2D eigenvalue weighted by Crippen LogP contribution is 2.57. The monoisotopic (exact) mass is 482 g/mol. The Kier molecular flexibility index (Phi) is 6.94. The number of likely N-dealkylation sites (tertiary alicyclic amines) is 1. The van der Waals surface area contributed by atoms with E-state index in [1.54, 1.807) is 0 Å². The highest BCUT2D eigenvalue weighted by Gasteiger charge is 2.55. The van der Waals surface area contributed by atoms with Gasteiger partial charge in [0.1, 0.15) is 0 Å². The fourth-order valence-corrected chi connectivity index (χ4v) is 7.24. The predicted octanol–water partition coefficient (Wildman–Crippen LogP) is 4.87. The molecule has 35 heavy (non-hydrogen) atoms. The molecule has 4 fully saturated rings. The van der Waals surface area contributed by atoms with Crippen LogP contribution in [0.4, 0.5) is 0 Å². The Labute approximate surface area is 210 Å². The van der Waals surface area contributed by atoms with E-state index in [0.717, 1.165) is 43.5 Å². The molecule has 6 heteroatoms. The van der Waals surface area contributed by atoms with E-state index in [1.165, 1.54) is 76.6 Å². The number of hydrogen-bond donors (Lipinski definition) is 1. The van der Waals surface area contributed by atoms with Crippen LogP contribution in [0, 0.1) is 17.3 Å². The van der Waals surface area contributed by atoms with Gasteiger partial charge < -0.3 is 24.4 Å². The van der Waals surface area contributed by atoms with Gasteiger partial charge in [-0.05, 0) is 113 Å². The molecule has 2 saturated carbocycles. The second-order valence-corrected chi connectivity index (χ2v) is 11.9. The van der Waals surface area contributed by atoms with Crippen molar-refractivity contribution in [3.8, 4) is 11.5 Å². The highest BCUT2D eigenvalue weighted by molar-refractivity contribution is 5.77. The van der Waals surface area contributed by atoms with Crippen LogP contribution >= 0.6 is 0 Å². The van der Waals surface area contributed by atoms with Gasteiger partial charge in [0, 0.05) is 31.2 Å². The summed E-state index contributed by atoms with van der Waals surface area (Å²) in [6.45, 7) is 5.60. The number of nitrogens with zero attached hydrogens (tertiary/aromatic N) is 1. The van der Waals surface area contributed by atoms with Crippen molar-refractivity contribution in [3.05, 3.63) is 23.8 Å². The number of amides is 1. The zero-order valence-corrected chi connectivity index (χ0v) is 21.1. The number of ether oxygens (including phenoxy) is 3. The van der Waals surface area contributed by atoms with Gasteiger partial charge in [0.2, 0.25) is 12.7 Å². The van der Waals surface area contributed by atoms with Crippen molar-refractivity contribution in [1.29, 1.82) is 0 Å². The number of hydrogen-bond acceptors (Lipinski definition) is 5. The average molecular weight is 483 g/mol. The van der Waals surface area contributed by atoms with Crippen molar-refractivity contribution in [2.24, 2.45) is 17.3 Å². The normalized spacial score (nSPS) is 33.1. The minimum absolute atomic E-state index is 0.257. The van der Waals surface area contributed by atoms with Crippen molar-refractivity contribution >= 4 is 5.91 Å². The van der Waals surface area contributed by atoms with E-state index >= 15 is 0 Å². The molecule has 3 heterocycles. The van der Waals surface area contributed by atoms with Gasteiger partial charge >= 0.3 is 0 Å². The van der Waals surface area contributed by atoms with E-state index in [-0.39, 0.29) is 5.91 Å². The molecular formula is C29H42N2O4. The summed E-state index contributed by atoms with van der Waals surface area (Å²) in [7, 11) is 0. The van der Waals surface area contributed by atoms with Crippen molar-refractivity contribution in [2.75, 3.05) is 39.6 Å². The second kappa shape index (κ2) is 10.3. The molecule has 192 valence electrons. The summed E-state index contributed by atoms with van der Waals surface area (Å²) in [6, 6.07) is 6.78. The van der Waals surface area contributed by atoms with Gasteiger partial charge in [-0.15, -0.1) is 0 Å². The molecule has 1 spiro atoms. The number of fused-ring (bicyclic) bond motifs is 1. The molecule has 5 aliphatic rings. The van der Waals surface area contributed by atoms with Gasteiger partial charge in [-0.25, -0.2) is 0 Å². The fourth-order valence-electron chi connectivity index (χ4n) is 7.24. The first-order chi connectivity index (χ1) is 17.2. The summed E-state index contributed by atoms with van der Waals surface area (Å²) >= 11 is 0. The molecule has 3 aliphatic heterocycles. The largest absolute Gasteiger partial charge is 0.454 e. The Hall–Kier alpha value is -1.79. The number of benzene rings is 1. The third kappa shape index (κ3) is 5.34. The van der Waals surface area contributed by atoms with E-state index in [9.17, 15) is 4.79 Å². The van der Waals surface area contributed by atoms with Crippen LogP contribution in [-0.2, 0) is 9.53 Å². The summed E-state index contributed by atoms with van der Waals surface area (Å²) in [6.07, 6.45) is 13.1. The number of carbonyl (C=O) groups excluding carboxylic acids is 1. The standard InChI is InChI=1S/C29H42N2O4/c32-27(17-22-3-2-16-33-19-22)30-26-18-29(26)11-6-21(7-12-29)8-13-31-14-9-23(10-15-31)24-4-1-5-25-28(24)35-20-34-25/h1,4-5,21-23,26H,2-3,6-20H2,(H,30,32)/t21?,22-,26+,29?/m1/s1. The van der Waals surface area contributed by atoms with Crippen LogP contribution in [-0.4, -0.2) is 56.5 Å². The smallest absolute Gasteiger partial charge is 0.231 e. The molecule has 0 unspecified atom stereocenters. The molecule has 1 N–H and O–H groups in total. The maximum atomic E-state index is 12.5. The summed E-state index contributed by atoms with van der Waals surface area (Å²) in [4.78, 5) is 15.2. The summed E-state index contributed by atoms with van der Waals surface area (Å²) in [5, 5.41) is 3.37.